The summed E-state index contributed by atoms with van der Waals surface area (Å²) in [5.74, 6) is -0.236. The molecule has 1 aromatic carbocycles. The van der Waals surface area contributed by atoms with E-state index in [1.54, 1.807) is 0 Å². The molecule has 0 bridgehead atoms. The predicted octanol–water partition coefficient (Wildman–Crippen LogP) is 1.54. The van der Waals surface area contributed by atoms with E-state index in [2.05, 4.69) is 0 Å². The number of fused-ring (bicyclic) bond motifs is 3. The highest BCUT2D eigenvalue weighted by molar-refractivity contribution is 5.96. The molecule has 4 heteroatoms. The Hall–Kier alpha value is -1.39. The van der Waals surface area contributed by atoms with E-state index >= 15 is 0 Å². The first-order chi connectivity index (χ1) is 8.93. The van der Waals surface area contributed by atoms with Gasteiger partial charge >= 0.3 is 0 Å². The van der Waals surface area contributed by atoms with Gasteiger partial charge in [0, 0.05) is 12.3 Å². The molecule has 0 saturated heterocycles. The van der Waals surface area contributed by atoms with Crippen molar-refractivity contribution in [1.82, 2.24) is 0 Å². The monoisotopic (exact) mass is 261 g/mol. The summed E-state index contributed by atoms with van der Waals surface area (Å²) in [6, 6.07) is 7.55. The highest BCUT2D eigenvalue weighted by Gasteiger charge is 2.64. The summed E-state index contributed by atoms with van der Waals surface area (Å²) < 4.78 is 0. The van der Waals surface area contributed by atoms with Crippen LogP contribution in [0, 0.1) is 0 Å². The molecule has 2 aliphatic rings. The molecule has 102 valence electrons. The van der Waals surface area contributed by atoms with Gasteiger partial charge in [0.1, 0.15) is 6.10 Å². The number of carbonyl (C=O) groups is 1. The number of aliphatic hydroxyl groups is 2. The molecular formula is C15H19NO3. The zero-order valence-electron chi connectivity index (χ0n) is 11.3. The summed E-state index contributed by atoms with van der Waals surface area (Å²) in [5, 5.41) is 21.5. The van der Waals surface area contributed by atoms with Gasteiger partial charge in [-0.15, -0.1) is 0 Å². The van der Waals surface area contributed by atoms with E-state index in [0.717, 1.165) is 24.1 Å². The molecule has 1 saturated carbocycles. The molecule has 19 heavy (non-hydrogen) atoms. The Morgan fingerprint density at radius 3 is 2.79 bits per heavy atom. The van der Waals surface area contributed by atoms with Crippen molar-refractivity contribution in [3.05, 3.63) is 29.8 Å². The quantitative estimate of drug-likeness (QED) is 0.745. The lowest BCUT2D eigenvalue weighted by Gasteiger charge is -2.49. The molecule has 1 heterocycles. The maximum atomic E-state index is 12.0. The fraction of sp³-hybridized carbons (Fsp3) is 0.533. The normalized spacial score (nSPS) is 36.8. The van der Waals surface area contributed by atoms with Gasteiger partial charge in [0.05, 0.1) is 5.69 Å². The third kappa shape index (κ3) is 1.33. The van der Waals surface area contributed by atoms with Crippen LogP contribution in [0.15, 0.2) is 24.3 Å². The summed E-state index contributed by atoms with van der Waals surface area (Å²) in [4.78, 5) is 13.4. The van der Waals surface area contributed by atoms with Gasteiger partial charge < -0.3 is 10.2 Å². The number of para-hydroxylation sites is 1. The van der Waals surface area contributed by atoms with E-state index in [0.29, 0.717) is 6.42 Å². The lowest BCUT2D eigenvalue weighted by atomic mass is 9.65. The predicted molar refractivity (Wildman–Crippen MR) is 71.8 cm³/mol. The van der Waals surface area contributed by atoms with Crippen molar-refractivity contribution in [3.8, 4) is 0 Å². The van der Waals surface area contributed by atoms with Crippen LogP contribution in [0.3, 0.4) is 0 Å². The van der Waals surface area contributed by atoms with Crippen LogP contribution in [0.5, 0.6) is 0 Å². The number of aliphatic hydroxyl groups excluding tert-OH is 1. The summed E-state index contributed by atoms with van der Waals surface area (Å²) in [6.07, 6.45) is 1.22. The van der Waals surface area contributed by atoms with Gasteiger partial charge in [0.2, 0.25) is 5.91 Å². The van der Waals surface area contributed by atoms with Crippen LogP contribution in [0.4, 0.5) is 5.69 Å². The Balaban J connectivity index is 2.29. The van der Waals surface area contributed by atoms with Crippen LogP contribution in [0.1, 0.15) is 38.7 Å². The molecule has 0 spiro atoms. The van der Waals surface area contributed by atoms with E-state index in [1.165, 1.54) is 11.8 Å². The number of hydrogen-bond donors (Lipinski definition) is 2. The number of amides is 1. The van der Waals surface area contributed by atoms with Gasteiger partial charge in [-0.3, -0.25) is 9.69 Å². The zero-order chi connectivity index (χ0) is 13.8. The van der Waals surface area contributed by atoms with Crippen molar-refractivity contribution in [2.75, 3.05) is 4.90 Å². The highest BCUT2D eigenvalue weighted by atomic mass is 16.4. The topological polar surface area (TPSA) is 60.8 Å². The average molecular weight is 261 g/mol. The molecule has 4 nitrogen and oxygen atoms in total. The SMILES string of the molecule is CC(=O)N1c2ccccc2[C@]2(C)CCC[C@@H](O)[C@@]12O. The van der Waals surface area contributed by atoms with Crippen LogP contribution in [-0.2, 0) is 10.2 Å². The van der Waals surface area contributed by atoms with Gasteiger partial charge in [-0.1, -0.05) is 25.1 Å². The number of nitrogens with zero attached hydrogens (tertiary/aromatic N) is 1. The lowest BCUT2D eigenvalue weighted by molar-refractivity contribution is -0.151. The first-order valence-corrected chi connectivity index (χ1v) is 6.73. The first-order valence-electron chi connectivity index (χ1n) is 6.73. The van der Waals surface area contributed by atoms with Crippen LogP contribution < -0.4 is 4.90 Å². The molecule has 1 fully saturated rings. The molecular weight excluding hydrogens is 242 g/mol. The number of benzene rings is 1. The van der Waals surface area contributed by atoms with E-state index in [9.17, 15) is 15.0 Å². The largest absolute Gasteiger partial charge is 0.388 e. The van der Waals surface area contributed by atoms with E-state index in [-0.39, 0.29) is 5.91 Å². The van der Waals surface area contributed by atoms with Crippen molar-refractivity contribution in [1.29, 1.82) is 0 Å². The maximum Gasteiger partial charge on any atom is 0.226 e. The zero-order valence-corrected chi connectivity index (χ0v) is 11.3. The molecule has 1 aliphatic heterocycles. The second-order valence-corrected chi connectivity index (χ2v) is 5.84. The Kier molecular flexibility index (Phi) is 2.53. The van der Waals surface area contributed by atoms with Gasteiger partial charge in [0.25, 0.3) is 0 Å². The molecule has 1 amide bonds. The number of carbonyl (C=O) groups excluding carboxylic acids is 1. The second-order valence-electron chi connectivity index (χ2n) is 5.84. The van der Waals surface area contributed by atoms with Crippen molar-refractivity contribution < 1.29 is 15.0 Å². The fourth-order valence-corrected chi connectivity index (χ4v) is 3.86. The maximum absolute atomic E-state index is 12.0. The highest BCUT2D eigenvalue weighted by Crippen LogP contribution is 2.57. The average Bonchev–Trinajstić information content (AvgIpc) is 2.57. The van der Waals surface area contributed by atoms with Crippen LogP contribution in [0.25, 0.3) is 0 Å². The second kappa shape index (κ2) is 3.81. The van der Waals surface area contributed by atoms with E-state index in [1.807, 2.05) is 31.2 Å². The third-order valence-corrected chi connectivity index (χ3v) is 4.83. The smallest absolute Gasteiger partial charge is 0.226 e. The number of rotatable bonds is 0. The third-order valence-electron chi connectivity index (χ3n) is 4.83. The van der Waals surface area contributed by atoms with Gasteiger partial charge in [-0.25, -0.2) is 0 Å². The molecule has 2 N–H and O–H groups in total. The number of hydrogen-bond acceptors (Lipinski definition) is 3. The molecule has 3 rings (SSSR count). The Labute approximate surface area is 112 Å². The van der Waals surface area contributed by atoms with Gasteiger partial charge in [-0.05, 0) is 30.9 Å². The Morgan fingerprint density at radius 2 is 2.11 bits per heavy atom. The Morgan fingerprint density at radius 1 is 1.42 bits per heavy atom. The molecule has 0 radical (unpaired) electrons. The molecule has 3 atom stereocenters. The van der Waals surface area contributed by atoms with Gasteiger partial charge in [-0.2, -0.15) is 0 Å². The van der Waals surface area contributed by atoms with E-state index in [4.69, 9.17) is 0 Å². The summed E-state index contributed by atoms with van der Waals surface area (Å²) in [7, 11) is 0. The molecule has 1 aliphatic carbocycles. The van der Waals surface area contributed by atoms with Gasteiger partial charge in [0.15, 0.2) is 5.72 Å². The standard InChI is InChI=1S/C15H19NO3/c1-10(17)16-12-7-4-3-6-11(12)14(2)9-5-8-13(18)15(14,16)19/h3-4,6-7,13,18-19H,5,8-9H2,1-2H3/t13-,14+,15+/m1/s1. The molecule has 0 unspecified atom stereocenters. The first kappa shape index (κ1) is 12.6. The summed E-state index contributed by atoms with van der Waals surface area (Å²) in [5.41, 5.74) is -0.458. The molecule has 1 aromatic rings. The van der Waals surface area contributed by atoms with Crippen molar-refractivity contribution in [3.63, 3.8) is 0 Å². The Bertz CT molecular complexity index is 544. The van der Waals surface area contributed by atoms with E-state index < -0.39 is 17.2 Å². The van der Waals surface area contributed by atoms with Crippen LogP contribution in [-0.4, -0.2) is 27.9 Å². The van der Waals surface area contributed by atoms with Crippen molar-refractivity contribution in [2.24, 2.45) is 0 Å². The minimum atomic E-state index is -1.53. The van der Waals surface area contributed by atoms with Crippen molar-refractivity contribution in [2.45, 2.75) is 50.4 Å². The minimum Gasteiger partial charge on any atom is -0.388 e. The van der Waals surface area contributed by atoms with Crippen LogP contribution in [0.2, 0.25) is 0 Å². The number of anilines is 1. The minimum absolute atomic E-state index is 0.236. The van der Waals surface area contributed by atoms with Crippen molar-refractivity contribution >= 4 is 11.6 Å². The summed E-state index contributed by atoms with van der Waals surface area (Å²) >= 11 is 0. The molecule has 0 aromatic heterocycles. The summed E-state index contributed by atoms with van der Waals surface area (Å²) in [6.45, 7) is 3.37. The lowest BCUT2D eigenvalue weighted by Crippen LogP contribution is -2.67. The van der Waals surface area contributed by atoms with Crippen LogP contribution >= 0.6 is 0 Å². The fourth-order valence-electron chi connectivity index (χ4n) is 3.86.